The van der Waals surface area contributed by atoms with Crippen molar-refractivity contribution in [1.82, 2.24) is 0 Å². The third-order valence-corrected chi connectivity index (χ3v) is 4.34. The first kappa shape index (κ1) is 10.7. The molecule has 1 heterocycles. The van der Waals surface area contributed by atoms with Crippen molar-refractivity contribution >= 4 is 17.5 Å². The molecule has 15 heavy (non-hydrogen) atoms. The average Bonchev–Trinajstić information content (AvgIpc) is 2.40. The fraction of sp³-hybridized carbons (Fsp3) is 0.462. The lowest BCUT2D eigenvalue weighted by Crippen LogP contribution is -1.97. The summed E-state index contributed by atoms with van der Waals surface area (Å²) in [5.74, 6) is 2.15. The van der Waals surface area contributed by atoms with Gasteiger partial charge in [-0.2, -0.15) is 0 Å². The molecule has 0 aliphatic carbocycles. The molecule has 1 aliphatic heterocycles. The summed E-state index contributed by atoms with van der Waals surface area (Å²) in [6.07, 6.45) is 2.35. The smallest absolute Gasteiger partial charge is 0.159 e. The number of hydrogen-bond donors (Lipinski definition) is 0. The van der Waals surface area contributed by atoms with E-state index < -0.39 is 0 Å². The molecule has 1 unspecified atom stereocenters. The Hall–Kier alpha value is -0.760. The molecule has 2 heteroatoms. The van der Waals surface area contributed by atoms with E-state index in [0.717, 1.165) is 17.9 Å². The molecule has 1 aromatic carbocycles. The van der Waals surface area contributed by atoms with Gasteiger partial charge < -0.3 is 0 Å². The zero-order chi connectivity index (χ0) is 10.8. The van der Waals surface area contributed by atoms with Crippen LogP contribution >= 0.6 is 11.8 Å². The van der Waals surface area contributed by atoms with Crippen molar-refractivity contribution < 1.29 is 4.79 Å². The number of hydrogen-bond acceptors (Lipinski definition) is 2. The van der Waals surface area contributed by atoms with Crippen molar-refractivity contribution in [3.8, 4) is 0 Å². The van der Waals surface area contributed by atoms with Crippen molar-refractivity contribution in [2.24, 2.45) is 5.92 Å². The van der Waals surface area contributed by atoms with Gasteiger partial charge in [0.15, 0.2) is 5.78 Å². The van der Waals surface area contributed by atoms with Gasteiger partial charge in [0.25, 0.3) is 0 Å². The van der Waals surface area contributed by atoms with Gasteiger partial charge in [0.2, 0.25) is 0 Å². The number of thioether (sulfide) groups is 1. The van der Waals surface area contributed by atoms with Crippen LogP contribution in [0.15, 0.2) is 23.1 Å². The van der Waals surface area contributed by atoms with Crippen molar-refractivity contribution in [2.45, 2.75) is 31.6 Å². The molecule has 80 valence electrons. The standard InChI is InChI=1S/C13H16OS/c1-9-3-4-12-7-11(10(2)14)5-6-13(12)15-8-9/h5-7,9H,3-4,8H2,1-2H3. The van der Waals surface area contributed by atoms with Crippen molar-refractivity contribution in [3.63, 3.8) is 0 Å². The summed E-state index contributed by atoms with van der Waals surface area (Å²) < 4.78 is 0. The van der Waals surface area contributed by atoms with E-state index in [1.54, 1.807) is 6.92 Å². The maximum atomic E-state index is 11.3. The first-order chi connectivity index (χ1) is 7.16. The first-order valence-electron chi connectivity index (χ1n) is 5.43. The van der Waals surface area contributed by atoms with E-state index in [9.17, 15) is 4.79 Å². The summed E-state index contributed by atoms with van der Waals surface area (Å²) in [7, 11) is 0. The molecule has 0 bridgehead atoms. The highest BCUT2D eigenvalue weighted by Gasteiger charge is 2.14. The van der Waals surface area contributed by atoms with Gasteiger partial charge >= 0.3 is 0 Å². The molecule has 0 spiro atoms. The Kier molecular flexibility index (Phi) is 3.15. The van der Waals surface area contributed by atoms with Gasteiger partial charge in [0.1, 0.15) is 0 Å². The summed E-state index contributed by atoms with van der Waals surface area (Å²) >= 11 is 1.93. The van der Waals surface area contributed by atoms with Gasteiger partial charge in [0, 0.05) is 16.2 Å². The molecule has 1 atom stereocenters. The second-order valence-corrected chi connectivity index (χ2v) is 5.40. The van der Waals surface area contributed by atoms with E-state index in [1.165, 1.54) is 22.6 Å². The van der Waals surface area contributed by atoms with Crippen LogP contribution in [0.25, 0.3) is 0 Å². The van der Waals surface area contributed by atoms with Crippen LogP contribution in [0.3, 0.4) is 0 Å². The lowest BCUT2D eigenvalue weighted by molar-refractivity contribution is 0.101. The molecule has 1 aromatic rings. The minimum atomic E-state index is 0.167. The Labute approximate surface area is 95.3 Å². The Morgan fingerprint density at radius 1 is 1.47 bits per heavy atom. The fourth-order valence-corrected chi connectivity index (χ4v) is 2.99. The maximum absolute atomic E-state index is 11.3. The second kappa shape index (κ2) is 4.40. The van der Waals surface area contributed by atoms with Crippen molar-refractivity contribution in [3.05, 3.63) is 29.3 Å². The van der Waals surface area contributed by atoms with Gasteiger partial charge in [-0.3, -0.25) is 4.79 Å². The van der Waals surface area contributed by atoms with E-state index in [-0.39, 0.29) is 5.78 Å². The largest absolute Gasteiger partial charge is 0.295 e. The van der Waals surface area contributed by atoms with Crippen molar-refractivity contribution in [2.75, 3.05) is 5.75 Å². The lowest BCUT2D eigenvalue weighted by Gasteiger charge is -2.05. The van der Waals surface area contributed by atoms with Gasteiger partial charge in [-0.25, -0.2) is 0 Å². The summed E-state index contributed by atoms with van der Waals surface area (Å²) in [5, 5.41) is 0. The summed E-state index contributed by atoms with van der Waals surface area (Å²) in [6, 6.07) is 6.13. The number of ketones is 1. The Morgan fingerprint density at radius 2 is 2.27 bits per heavy atom. The molecule has 0 saturated heterocycles. The molecule has 2 rings (SSSR count). The topological polar surface area (TPSA) is 17.1 Å². The molecule has 0 fully saturated rings. The molecule has 0 aromatic heterocycles. The van der Waals surface area contributed by atoms with Crippen LogP contribution in [0.2, 0.25) is 0 Å². The van der Waals surface area contributed by atoms with Crippen LogP contribution in [0.5, 0.6) is 0 Å². The number of benzene rings is 1. The van der Waals surface area contributed by atoms with Crippen LogP contribution in [-0.4, -0.2) is 11.5 Å². The summed E-state index contributed by atoms with van der Waals surface area (Å²) in [6.45, 7) is 3.93. The van der Waals surface area contributed by atoms with Crippen LogP contribution in [0, 0.1) is 5.92 Å². The minimum Gasteiger partial charge on any atom is -0.295 e. The maximum Gasteiger partial charge on any atom is 0.159 e. The van der Waals surface area contributed by atoms with Gasteiger partial charge in [-0.05, 0) is 43.4 Å². The number of fused-ring (bicyclic) bond motifs is 1. The highest BCUT2D eigenvalue weighted by Crippen LogP contribution is 2.31. The fourth-order valence-electron chi connectivity index (χ4n) is 1.85. The molecule has 1 nitrogen and oxygen atoms in total. The minimum absolute atomic E-state index is 0.167. The number of carbonyl (C=O) groups excluding carboxylic acids is 1. The zero-order valence-corrected chi connectivity index (χ0v) is 10.1. The quantitative estimate of drug-likeness (QED) is 0.673. The Bertz CT molecular complexity index is 384. The third kappa shape index (κ3) is 2.43. The molecule has 0 radical (unpaired) electrons. The van der Waals surface area contributed by atoms with Gasteiger partial charge in [0.05, 0.1) is 0 Å². The van der Waals surface area contributed by atoms with Crippen molar-refractivity contribution in [1.29, 1.82) is 0 Å². The zero-order valence-electron chi connectivity index (χ0n) is 9.25. The summed E-state index contributed by atoms with van der Waals surface area (Å²) in [4.78, 5) is 12.6. The lowest BCUT2D eigenvalue weighted by atomic mass is 10.0. The first-order valence-corrected chi connectivity index (χ1v) is 6.42. The molecular formula is C13H16OS. The van der Waals surface area contributed by atoms with Crippen LogP contribution < -0.4 is 0 Å². The Balaban J connectivity index is 2.32. The van der Waals surface area contributed by atoms with E-state index in [4.69, 9.17) is 0 Å². The number of rotatable bonds is 1. The van der Waals surface area contributed by atoms with E-state index in [1.807, 2.05) is 17.8 Å². The number of carbonyl (C=O) groups is 1. The molecule has 0 amide bonds. The number of Topliss-reactive ketones (excluding diaryl/α,β-unsaturated/α-hetero) is 1. The third-order valence-electron chi connectivity index (χ3n) is 2.90. The highest BCUT2D eigenvalue weighted by atomic mass is 32.2. The van der Waals surface area contributed by atoms with Crippen LogP contribution in [0.1, 0.15) is 36.2 Å². The molecule has 0 N–H and O–H groups in total. The van der Waals surface area contributed by atoms with E-state index >= 15 is 0 Å². The number of aryl methyl sites for hydroxylation is 1. The van der Waals surface area contributed by atoms with Gasteiger partial charge in [-0.15, -0.1) is 11.8 Å². The van der Waals surface area contributed by atoms with Crippen LogP contribution in [-0.2, 0) is 6.42 Å². The molecule has 1 aliphatic rings. The average molecular weight is 220 g/mol. The van der Waals surface area contributed by atoms with Gasteiger partial charge in [-0.1, -0.05) is 13.0 Å². The SMILES string of the molecule is CC(=O)c1ccc2c(c1)CCC(C)CS2. The predicted molar refractivity (Wildman–Crippen MR) is 64.7 cm³/mol. The molecular weight excluding hydrogens is 204 g/mol. The second-order valence-electron chi connectivity index (χ2n) is 4.33. The van der Waals surface area contributed by atoms with E-state index in [0.29, 0.717) is 0 Å². The van der Waals surface area contributed by atoms with E-state index in [2.05, 4.69) is 19.1 Å². The monoisotopic (exact) mass is 220 g/mol. The normalized spacial score (nSPS) is 20.5. The summed E-state index contributed by atoms with van der Waals surface area (Å²) in [5.41, 5.74) is 2.21. The van der Waals surface area contributed by atoms with Crippen LogP contribution in [0.4, 0.5) is 0 Å². The molecule has 0 saturated carbocycles. The predicted octanol–water partition coefficient (Wildman–Crippen LogP) is 3.56. The highest BCUT2D eigenvalue weighted by molar-refractivity contribution is 7.99. The Morgan fingerprint density at radius 3 is 3.00 bits per heavy atom.